The first-order chi connectivity index (χ1) is 9.53. The summed E-state index contributed by atoms with van der Waals surface area (Å²) in [6, 6.07) is 3.33. The minimum absolute atomic E-state index is 0.0171. The SMILES string of the molecule is Cn1ccc(CCNS(=O)(=O)c2cnccc2NN)n1. The summed E-state index contributed by atoms with van der Waals surface area (Å²) in [5.74, 6) is 5.29. The molecule has 0 bridgehead atoms. The summed E-state index contributed by atoms with van der Waals surface area (Å²) in [6.45, 7) is 0.248. The number of hydrazine groups is 1. The Morgan fingerprint density at radius 3 is 2.85 bits per heavy atom. The van der Waals surface area contributed by atoms with Crippen LogP contribution in [0.5, 0.6) is 0 Å². The highest BCUT2D eigenvalue weighted by molar-refractivity contribution is 7.89. The molecule has 9 heteroatoms. The van der Waals surface area contributed by atoms with E-state index in [1.165, 1.54) is 18.5 Å². The van der Waals surface area contributed by atoms with Gasteiger partial charge in [-0.25, -0.2) is 13.1 Å². The van der Waals surface area contributed by atoms with Crippen molar-refractivity contribution in [3.63, 3.8) is 0 Å². The number of hydrogen-bond acceptors (Lipinski definition) is 6. The number of nitrogens with zero attached hydrogens (tertiary/aromatic N) is 3. The van der Waals surface area contributed by atoms with Crippen LogP contribution in [0.3, 0.4) is 0 Å². The fourth-order valence-corrected chi connectivity index (χ4v) is 2.84. The molecule has 0 atom stereocenters. The van der Waals surface area contributed by atoms with E-state index in [2.05, 4.69) is 20.2 Å². The quantitative estimate of drug-likeness (QED) is 0.494. The molecule has 0 amide bonds. The van der Waals surface area contributed by atoms with Gasteiger partial charge >= 0.3 is 0 Å². The zero-order chi connectivity index (χ0) is 14.6. The first-order valence-corrected chi connectivity index (χ1v) is 7.40. The van der Waals surface area contributed by atoms with Crippen LogP contribution in [0.15, 0.2) is 35.6 Å². The molecule has 0 spiro atoms. The Morgan fingerprint density at radius 1 is 1.40 bits per heavy atom. The number of rotatable bonds is 6. The van der Waals surface area contributed by atoms with E-state index in [0.717, 1.165) is 5.69 Å². The highest BCUT2D eigenvalue weighted by atomic mass is 32.2. The Hall–Kier alpha value is -1.97. The van der Waals surface area contributed by atoms with Crippen molar-refractivity contribution in [1.82, 2.24) is 19.5 Å². The lowest BCUT2D eigenvalue weighted by molar-refractivity contribution is 0.581. The van der Waals surface area contributed by atoms with Crippen molar-refractivity contribution >= 4 is 15.7 Å². The Labute approximate surface area is 117 Å². The highest BCUT2D eigenvalue weighted by Crippen LogP contribution is 2.17. The third-order valence-electron chi connectivity index (χ3n) is 2.67. The first kappa shape index (κ1) is 14.4. The van der Waals surface area contributed by atoms with Gasteiger partial charge in [-0.15, -0.1) is 0 Å². The molecule has 0 unspecified atom stereocenters. The van der Waals surface area contributed by atoms with Crippen LogP contribution in [-0.2, 0) is 23.5 Å². The molecular formula is C11H16N6O2S. The number of aromatic nitrogens is 3. The van der Waals surface area contributed by atoms with Crippen molar-refractivity contribution in [3.8, 4) is 0 Å². The minimum atomic E-state index is -3.66. The molecule has 0 aliphatic heterocycles. The van der Waals surface area contributed by atoms with Crippen molar-refractivity contribution in [2.45, 2.75) is 11.3 Å². The summed E-state index contributed by atoms with van der Waals surface area (Å²) >= 11 is 0. The molecular weight excluding hydrogens is 280 g/mol. The van der Waals surface area contributed by atoms with Crippen LogP contribution in [-0.4, -0.2) is 29.7 Å². The van der Waals surface area contributed by atoms with Crippen LogP contribution in [0.25, 0.3) is 0 Å². The van der Waals surface area contributed by atoms with E-state index in [0.29, 0.717) is 12.1 Å². The lowest BCUT2D eigenvalue weighted by Gasteiger charge is -2.09. The average Bonchev–Trinajstić information content (AvgIpc) is 2.84. The summed E-state index contributed by atoms with van der Waals surface area (Å²) in [6.07, 6.45) is 5.02. The van der Waals surface area contributed by atoms with E-state index in [-0.39, 0.29) is 11.4 Å². The molecule has 0 aliphatic rings. The second kappa shape index (κ2) is 5.99. The van der Waals surface area contributed by atoms with Gasteiger partial charge in [0.15, 0.2) is 0 Å². The Morgan fingerprint density at radius 2 is 2.20 bits per heavy atom. The number of pyridine rings is 1. The van der Waals surface area contributed by atoms with Crippen LogP contribution in [0.4, 0.5) is 5.69 Å². The smallest absolute Gasteiger partial charge is 0.244 e. The molecule has 0 aliphatic carbocycles. The predicted octanol–water partition coefficient (Wildman–Crippen LogP) is -0.378. The lowest BCUT2D eigenvalue weighted by Crippen LogP contribution is -2.27. The molecule has 2 heterocycles. The van der Waals surface area contributed by atoms with Crippen LogP contribution >= 0.6 is 0 Å². The standard InChI is InChI=1S/C11H16N6O2S/c1-17-7-4-9(16-17)2-6-14-20(18,19)11-8-13-5-3-10(11)15-12/h3-5,7-8,14H,2,6,12H2,1H3,(H,13,15). The molecule has 20 heavy (non-hydrogen) atoms. The number of sulfonamides is 1. The van der Waals surface area contributed by atoms with Gasteiger partial charge in [-0.3, -0.25) is 15.5 Å². The van der Waals surface area contributed by atoms with Gasteiger partial charge in [-0.2, -0.15) is 5.10 Å². The van der Waals surface area contributed by atoms with Gasteiger partial charge in [-0.05, 0) is 12.1 Å². The molecule has 0 saturated carbocycles. The molecule has 0 aromatic carbocycles. The third-order valence-corrected chi connectivity index (χ3v) is 4.16. The van der Waals surface area contributed by atoms with Crippen LogP contribution in [0.2, 0.25) is 0 Å². The van der Waals surface area contributed by atoms with Gasteiger partial charge < -0.3 is 5.43 Å². The fourth-order valence-electron chi connectivity index (χ4n) is 1.70. The Balaban J connectivity index is 2.04. The zero-order valence-corrected chi connectivity index (χ0v) is 11.8. The minimum Gasteiger partial charge on any atom is -0.323 e. The molecule has 8 nitrogen and oxygen atoms in total. The van der Waals surface area contributed by atoms with Gasteiger partial charge in [0.25, 0.3) is 0 Å². The summed E-state index contributed by atoms with van der Waals surface area (Å²) < 4.78 is 28.4. The normalized spacial score (nSPS) is 11.5. The molecule has 108 valence electrons. The van der Waals surface area contributed by atoms with Crippen molar-refractivity contribution in [1.29, 1.82) is 0 Å². The van der Waals surface area contributed by atoms with Gasteiger partial charge in [0.1, 0.15) is 4.90 Å². The molecule has 4 N–H and O–H groups in total. The molecule has 2 rings (SSSR count). The number of nitrogens with one attached hydrogen (secondary N) is 2. The van der Waals surface area contributed by atoms with Gasteiger partial charge in [0, 0.05) is 38.6 Å². The maximum atomic E-state index is 12.1. The maximum absolute atomic E-state index is 12.1. The van der Waals surface area contributed by atoms with E-state index in [1.54, 1.807) is 10.9 Å². The van der Waals surface area contributed by atoms with Gasteiger partial charge in [-0.1, -0.05) is 0 Å². The largest absolute Gasteiger partial charge is 0.323 e. The van der Waals surface area contributed by atoms with Gasteiger partial charge in [0.05, 0.1) is 11.4 Å². The van der Waals surface area contributed by atoms with Gasteiger partial charge in [0.2, 0.25) is 10.0 Å². The van der Waals surface area contributed by atoms with Crippen molar-refractivity contribution < 1.29 is 8.42 Å². The molecule has 0 fully saturated rings. The molecule has 0 radical (unpaired) electrons. The highest BCUT2D eigenvalue weighted by Gasteiger charge is 2.18. The summed E-state index contributed by atoms with van der Waals surface area (Å²) in [7, 11) is -1.85. The van der Waals surface area contributed by atoms with Crippen LogP contribution in [0.1, 0.15) is 5.69 Å². The average molecular weight is 296 g/mol. The van der Waals surface area contributed by atoms with Crippen molar-refractivity contribution in [3.05, 3.63) is 36.4 Å². The zero-order valence-electron chi connectivity index (χ0n) is 10.9. The second-order valence-corrected chi connectivity index (χ2v) is 5.88. The number of nitrogen functional groups attached to an aromatic ring is 1. The van der Waals surface area contributed by atoms with E-state index < -0.39 is 10.0 Å². The number of aryl methyl sites for hydroxylation is 1. The van der Waals surface area contributed by atoms with E-state index in [1.807, 2.05) is 13.1 Å². The number of anilines is 1. The monoisotopic (exact) mass is 296 g/mol. The summed E-state index contributed by atoms with van der Waals surface area (Å²) in [4.78, 5) is 3.82. The fraction of sp³-hybridized carbons (Fsp3) is 0.273. The predicted molar refractivity (Wildman–Crippen MR) is 74.1 cm³/mol. The summed E-state index contributed by atoms with van der Waals surface area (Å²) in [5, 5.41) is 4.17. The first-order valence-electron chi connectivity index (χ1n) is 5.92. The topological polar surface area (TPSA) is 115 Å². The van der Waals surface area contributed by atoms with E-state index >= 15 is 0 Å². The maximum Gasteiger partial charge on any atom is 0.244 e. The summed E-state index contributed by atoms with van der Waals surface area (Å²) in [5.41, 5.74) is 3.45. The van der Waals surface area contributed by atoms with Crippen molar-refractivity contribution in [2.24, 2.45) is 12.9 Å². The lowest BCUT2D eigenvalue weighted by atomic mass is 10.3. The number of hydrogen-bond donors (Lipinski definition) is 3. The van der Waals surface area contributed by atoms with E-state index in [9.17, 15) is 8.42 Å². The Bertz CT molecular complexity index is 682. The molecule has 2 aromatic rings. The third kappa shape index (κ3) is 3.32. The van der Waals surface area contributed by atoms with Crippen molar-refractivity contribution in [2.75, 3.05) is 12.0 Å². The Kier molecular flexibility index (Phi) is 4.32. The van der Waals surface area contributed by atoms with Crippen LogP contribution < -0.4 is 16.0 Å². The number of nitrogens with two attached hydrogens (primary N) is 1. The van der Waals surface area contributed by atoms with Crippen LogP contribution in [0, 0.1) is 0 Å². The molecule has 2 aromatic heterocycles. The van der Waals surface area contributed by atoms with E-state index in [4.69, 9.17) is 5.84 Å². The second-order valence-electron chi connectivity index (χ2n) is 4.14. The molecule has 0 saturated heterocycles.